The SMILES string of the molecule is N[C@@]1(O)[C@@H](O)[C@@H](O)[C@@H](O[C@H]2[C@H](O)[C@@H](O)[C@H](O)O[C@@H]2CO)O[C@]1(CO)S(=O)(=O)O. The summed E-state index contributed by atoms with van der Waals surface area (Å²) < 4.78 is 47.5. The first kappa shape index (κ1) is 23.7. The first-order chi connectivity index (χ1) is 12.7. The second-order valence-electron chi connectivity index (χ2n) is 6.46. The number of aliphatic hydroxyl groups excluding tert-OH is 7. The average Bonchev–Trinajstić information content (AvgIpc) is 2.61. The molecule has 0 aliphatic carbocycles. The molecule has 0 unspecified atom stereocenters. The summed E-state index contributed by atoms with van der Waals surface area (Å²) >= 11 is 0. The van der Waals surface area contributed by atoms with Gasteiger partial charge in [-0.1, -0.05) is 0 Å². The molecular weight excluding hydrogens is 414 g/mol. The van der Waals surface area contributed by atoms with Crippen LogP contribution in [0.25, 0.3) is 0 Å². The van der Waals surface area contributed by atoms with Crippen molar-refractivity contribution in [1.29, 1.82) is 0 Å². The molecule has 28 heavy (non-hydrogen) atoms. The summed E-state index contributed by atoms with van der Waals surface area (Å²) in [6.07, 6.45) is -16.3. The molecule has 166 valence electrons. The Hall–Kier alpha value is -0.570. The molecule has 0 aromatic carbocycles. The molecule has 2 aliphatic heterocycles. The van der Waals surface area contributed by atoms with E-state index in [1.165, 1.54) is 0 Å². The summed E-state index contributed by atoms with van der Waals surface area (Å²) in [4.78, 5) is -3.48. The van der Waals surface area contributed by atoms with Crippen molar-refractivity contribution in [3.05, 3.63) is 0 Å². The van der Waals surface area contributed by atoms with Gasteiger partial charge >= 0.3 is 10.1 Å². The largest absolute Gasteiger partial charge is 0.394 e. The molecule has 0 radical (unpaired) electrons. The van der Waals surface area contributed by atoms with Crippen LogP contribution < -0.4 is 5.73 Å². The van der Waals surface area contributed by atoms with Gasteiger partial charge in [-0.3, -0.25) is 10.3 Å². The molecule has 2 aliphatic rings. The molecule has 0 amide bonds. The summed E-state index contributed by atoms with van der Waals surface area (Å²) in [6, 6.07) is 0. The standard InChI is InChI=1S/C12H23NO14S/c13-12(21)8(19)6(18)10(27-11(12,2-15)28(22,23)24)26-7-3(1-14)25-9(20)5(17)4(7)16/h3-10,14-21H,1-2,13H2,(H,22,23,24)/t3-,4-,5-,6-,7-,8+,9-,10+,11-,12-/m1/s1. The van der Waals surface area contributed by atoms with Gasteiger partial charge in [0.2, 0.25) is 0 Å². The van der Waals surface area contributed by atoms with Gasteiger partial charge in [0, 0.05) is 0 Å². The normalized spacial score (nSPS) is 50.5. The lowest BCUT2D eigenvalue weighted by molar-refractivity contribution is -0.378. The Kier molecular flexibility index (Phi) is 6.71. The molecule has 0 aromatic rings. The second-order valence-corrected chi connectivity index (χ2v) is 8.07. The molecule has 15 nitrogen and oxygen atoms in total. The molecule has 2 fully saturated rings. The number of rotatable bonds is 5. The van der Waals surface area contributed by atoms with Crippen molar-refractivity contribution in [2.75, 3.05) is 13.2 Å². The third kappa shape index (κ3) is 3.55. The molecule has 0 spiro atoms. The summed E-state index contributed by atoms with van der Waals surface area (Å²) in [5.41, 5.74) is 1.87. The van der Waals surface area contributed by atoms with Crippen LogP contribution in [-0.2, 0) is 24.3 Å². The van der Waals surface area contributed by atoms with Crippen LogP contribution in [0, 0.1) is 0 Å². The Labute approximate surface area is 157 Å². The molecular formula is C12H23NO14S. The van der Waals surface area contributed by atoms with Crippen molar-refractivity contribution in [3.8, 4) is 0 Å². The van der Waals surface area contributed by atoms with E-state index in [1.54, 1.807) is 0 Å². The van der Waals surface area contributed by atoms with Crippen molar-refractivity contribution >= 4 is 10.1 Å². The fraction of sp³-hybridized carbons (Fsp3) is 1.00. The lowest BCUT2D eigenvalue weighted by Crippen LogP contribution is -2.80. The predicted octanol–water partition coefficient (Wildman–Crippen LogP) is -6.90. The monoisotopic (exact) mass is 437 g/mol. The Morgan fingerprint density at radius 2 is 1.61 bits per heavy atom. The van der Waals surface area contributed by atoms with E-state index < -0.39 is 83.2 Å². The zero-order chi connectivity index (χ0) is 21.7. The average molecular weight is 437 g/mol. The van der Waals surface area contributed by atoms with Crippen molar-refractivity contribution in [2.24, 2.45) is 5.73 Å². The first-order valence-corrected chi connectivity index (χ1v) is 9.28. The summed E-state index contributed by atoms with van der Waals surface area (Å²) in [7, 11) is -5.56. The van der Waals surface area contributed by atoms with E-state index in [-0.39, 0.29) is 0 Å². The Morgan fingerprint density at radius 3 is 2.07 bits per heavy atom. The summed E-state index contributed by atoms with van der Waals surface area (Å²) in [5, 5.41) is 78.1. The highest BCUT2D eigenvalue weighted by atomic mass is 32.2. The maximum Gasteiger partial charge on any atom is 0.302 e. The minimum Gasteiger partial charge on any atom is -0.394 e. The van der Waals surface area contributed by atoms with Crippen LogP contribution in [0.1, 0.15) is 0 Å². The molecule has 2 saturated heterocycles. The van der Waals surface area contributed by atoms with E-state index in [4.69, 9.17) is 19.9 Å². The maximum absolute atomic E-state index is 11.7. The van der Waals surface area contributed by atoms with Gasteiger partial charge in [-0.25, -0.2) is 0 Å². The maximum atomic E-state index is 11.7. The highest BCUT2D eigenvalue weighted by Gasteiger charge is 2.69. The molecule has 0 aromatic heterocycles. The van der Waals surface area contributed by atoms with Crippen molar-refractivity contribution in [3.63, 3.8) is 0 Å². The van der Waals surface area contributed by atoms with Gasteiger partial charge in [0.15, 0.2) is 18.3 Å². The van der Waals surface area contributed by atoms with Gasteiger partial charge in [0.1, 0.15) is 36.6 Å². The van der Waals surface area contributed by atoms with Crippen LogP contribution in [0.5, 0.6) is 0 Å². The number of ether oxygens (including phenoxy) is 3. The Morgan fingerprint density at radius 1 is 1.04 bits per heavy atom. The van der Waals surface area contributed by atoms with Crippen LogP contribution >= 0.6 is 0 Å². The molecule has 16 heteroatoms. The summed E-state index contributed by atoms with van der Waals surface area (Å²) in [6.45, 7) is -2.59. The van der Waals surface area contributed by atoms with E-state index in [9.17, 15) is 53.8 Å². The highest BCUT2D eigenvalue weighted by molar-refractivity contribution is 7.87. The zero-order valence-corrected chi connectivity index (χ0v) is 14.9. The fourth-order valence-corrected chi connectivity index (χ4v) is 3.91. The quantitative estimate of drug-likeness (QED) is 0.141. The van der Waals surface area contributed by atoms with E-state index >= 15 is 0 Å². The van der Waals surface area contributed by atoms with Crippen molar-refractivity contribution < 1.29 is 68.0 Å². The number of aliphatic hydroxyl groups is 8. The van der Waals surface area contributed by atoms with Crippen LogP contribution in [0.3, 0.4) is 0 Å². The Bertz CT molecular complexity index is 657. The second kappa shape index (κ2) is 7.93. The third-order valence-electron chi connectivity index (χ3n) is 4.73. The smallest absolute Gasteiger partial charge is 0.302 e. The van der Waals surface area contributed by atoms with Gasteiger partial charge in [0.25, 0.3) is 4.93 Å². The highest BCUT2D eigenvalue weighted by Crippen LogP contribution is 2.40. The van der Waals surface area contributed by atoms with Crippen molar-refractivity contribution in [2.45, 2.75) is 59.9 Å². The van der Waals surface area contributed by atoms with Crippen molar-refractivity contribution in [1.82, 2.24) is 0 Å². The molecule has 2 heterocycles. The number of hydrogen-bond acceptors (Lipinski definition) is 14. The van der Waals surface area contributed by atoms with Crippen LogP contribution in [0.4, 0.5) is 0 Å². The minimum absolute atomic E-state index is 0.888. The lowest BCUT2D eigenvalue weighted by atomic mass is 9.92. The molecule has 0 bridgehead atoms. The number of nitrogens with two attached hydrogens (primary N) is 1. The Balaban J connectivity index is 2.40. The first-order valence-electron chi connectivity index (χ1n) is 7.84. The molecule has 2 rings (SSSR count). The van der Waals surface area contributed by atoms with Gasteiger partial charge in [0.05, 0.1) is 13.2 Å². The zero-order valence-electron chi connectivity index (χ0n) is 14.1. The van der Waals surface area contributed by atoms with E-state index in [2.05, 4.69) is 0 Å². The van der Waals surface area contributed by atoms with E-state index in [1.807, 2.05) is 0 Å². The van der Waals surface area contributed by atoms with Gasteiger partial charge < -0.3 is 55.1 Å². The lowest BCUT2D eigenvalue weighted by Gasteiger charge is -2.52. The molecule has 0 saturated carbocycles. The van der Waals surface area contributed by atoms with E-state index in [0.717, 1.165) is 0 Å². The predicted molar refractivity (Wildman–Crippen MR) is 82.2 cm³/mol. The van der Waals surface area contributed by atoms with Gasteiger partial charge in [-0.2, -0.15) is 8.42 Å². The van der Waals surface area contributed by atoms with Crippen LogP contribution in [0.15, 0.2) is 0 Å². The molecule has 11 N–H and O–H groups in total. The topological polar surface area (TPSA) is 270 Å². The minimum atomic E-state index is -5.56. The van der Waals surface area contributed by atoms with Gasteiger partial charge in [-0.15, -0.1) is 0 Å². The van der Waals surface area contributed by atoms with Crippen LogP contribution in [0.2, 0.25) is 0 Å². The molecule has 10 atom stereocenters. The van der Waals surface area contributed by atoms with E-state index in [0.29, 0.717) is 0 Å². The van der Waals surface area contributed by atoms with Gasteiger partial charge in [-0.05, 0) is 0 Å². The van der Waals surface area contributed by atoms with Crippen LogP contribution in [-0.4, -0.2) is 127 Å². The summed E-state index contributed by atoms with van der Waals surface area (Å²) in [5.74, 6) is 0. The third-order valence-corrected chi connectivity index (χ3v) is 6.11. The fourth-order valence-electron chi connectivity index (χ4n) is 3.00. The number of hydrogen-bond donors (Lipinski definition) is 10.